The number of hydrogen-bond acceptors (Lipinski definition) is 2. The first-order valence-corrected chi connectivity index (χ1v) is 4.05. The summed E-state index contributed by atoms with van der Waals surface area (Å²) in [5.41, 5.74) is 9.17. The predicted octanol–water partition coefficient (Wildman–Crippen LogP) is 1.60. The van der Waals surface area contributed by atoms with Gasteiger partial charge < -0.3 is 10.5 Å². The van der Waals surface area contributed by atoms with Gasteiger partial charge in [0, 0.05) is 13.7 Å². The molecular formula is C10H15NO. The van der Waals surface area contributed by atoms with E-state index in [1.165, 1.54) is 16.7 Å². The van der Waals surface area contributed by atoms with E-state index in [1.54, 1.807) is 7.11 Å². The summed E-state index contributed by atoms with van der Waals surface area (Å²) in [6, 6.07) is 6.22. The summed E-state index contributed by atoms with van der Waals surface area (Å²) >= 11 is 0. The van der Waals surface area contributed by atoms with Crippen LogP contribution in [0.3, 0.4) is 0 Å². The van der Waals surface area contributed by atoms with Gasteiger partial charge in [-0.1, -0.05) is 18.2 Å². The summed E-state index contributed by atoms with van der Waals surface area (Å²) in [5, 5.41) is 0. The molecule has 1 aromatic carbocycles. The number of aryl methyl sites for hydroxylation is 1. The highest BCUT2D eigenvalue weighted by atomic mass is 16.5. The van der Waals surface area contributed by atoms with Crippen LogP contribution in [-0.4, -0.2) is 7.11 Å². The minimum atomic E-state index is 0.605. The molecule has 2 heteroatoms. The van der Waals surface area contributed by atoms with Crippen molar-refractivity contribution in [2.75, 3.05) is 7.11 Å². The lowest BCUT2D eigenvalue weighted by Gasteiger charge is -2.05. The summed E-state index contributed by atoms with van der Waals surface area (Å²) in [7, 11) is 1.70. The van der Waals surface area contributed by atoms with Crippen molar-refractivity contribution in [2.24, 2.45) is 5.73 Å². The monoisotopic (exact) mass is 165 g/mol. The fraction of sp³-hybridized carbons (Fsp3) is 0.400. The highest BCUT2D eigenvalue weighted by Crippen LogP contribution is 2.11. The van der Waals surface area contributed by atoms with Crippen LogP contribution in [0, 0.1) is 6.92 Å². The quantitative estimate of drug-likeness (QED) is 0.738. The largest absolute Gasteiger partial charge is 0.380 e. The van der Waals surface area contributed by atoms with Gasteiger partial charge in [0.2, 0.25) is 0 Å². The van der Waals surface area contributed by atoms with Crippen molar-refractivity contribution in [2.45, 2.75) is 20.1 Å². The van der Waals surface area contributed by atoms with Gasteiger partial charge in [-0.25, -0.2) is 0 Å². The molecule has 0 amide bonds. The normalized spacial score (nSPS) is 10.2. The van der Waals surface area contributed by atoms with Crippen LogP contribution in [0.25, 0.3) is 0 Å². The molecule has 0 spiro atoms. The average Bonchev–Trinajstić information content (AvgIpc) is 2.09. The van der Waals surface area contributed by atoms with Gasteiger partial charge in [0.25, 0.3) is 0 Å². The van der Waals surface area contributed by atoms with Crippen molar-refractivity contribution in [3.05, 3.63) is 34.9 Å². The first-order valence-electron chi connectivity index (χ1n) is 4.05. The smallest absolute Gasteiger partial charge is 0.0715 e. The molecule has 2 N–H and O–H groups in total. The van der Waals surface area contributed by atoms with Crippen LogP contribution in [0.2, 0.25) is 0 Å². The maximum atomic E-state index is 5.51. The van der Waals surface area contributed by atoms with E-state index in [4.69, 9.17) is 10.5 Å². The zero-order valence-corrected chi connectivity index (χ0v) is 7.63. The van der Waals surface area contributed by atoms with Gasteiger partial charge in [0.1, 0.15) is 0 Å². The van der Waals surface area contributed by atoms with Gasteiger partial charge in [0.15, 0.2) is 0 Å². The van der Waals surface area contributed by atoms with E-state index in [0.717, 1.165) is 0 Å². The number of methoxy groups -OCH3 is 1. The fourth-order valence-corrected chi connectivity index (χ4v) is 1.20. The van der Waals surface area contributed by atoms with Gasteiger partial charge >= 0.3 is 0 Å². The highest BCUT2D eigenvalue weighted by Gasteiger charge is 1.97. The summed E-state index contributed by atoms with van der Waals surface area (Å²) in [6.45, 7) is 3.36. The molecule has 0 aliphatic carbocycles. The van der Waals surface area contributed by atoms with E-state index in [-0.39, 0.29) is 0 Å². The average molecular weight is 165 g/mol. The Morgan fingerprint density at radius 3 is 2.67 bits per heavy atom. The van der Waals surface area contributed by atoms with Crippen LogP contribution in [0.4, 0.5) is 0 Å². The van der Waals surface area contributed by atoms with Gasteiger partial charge in [-0.2, -0.15) is 0 Å². The Bertz CT molecular complexity index is 258. The third kappa shape index (κ3) is 2.06. The Morgan fingerprint density at radius 1 is 1.42 bits per heavy atom. The molecule has 0 atom stereocenters. The summed E-state index contributed by atoms with van der Waals surface area (Å²) in [6.07, 6.45) is 0. The molecule has 0 saturated heterocycles. The Hall–Kier alpha value is -0.860. The summed E-state index contributed by atoms with van der Waals surface area (Å²) in [5.74, 6) is 0. The molecule has 0 bridgehead atoms. The highest BCUT2D eigenvalue weighted by molar-refractivity contribution is 5.30. The summed E-state index contributed by atoms with van der Waals surface area (Å²) < 4.78 is 5.05. The third-order valence-electron chi connectivity index (χ3n) is 1.94. The van der Waals surface area contributed by atoms with E-state index >= 15 is 0 Å². The fourth-order valence-electron chi connectivity index (χ4n) is 1.20. The molecular weight excluding hydrogens is 150 g/mol. The van der Waals surface area contributed by atoms with Crippen LogP contribution >= 0.6 is 0 Å². The van der Waals surface area contributed by atoms with Gasteiger partial charge in [0.05, 0.1) is 6.61 Å². The third-order valence-corrected chi connectivity index (χ3v) is 1.94. The topological polar surface area (TPSA) is 35.2 Å². The van der Waals surface area contributed by atoms with E-state index in [2.05, 4.69) is 19.1 Å². The molecule has 0 saturated carbocycles. The van der Waals surface area contributed by atoms with E-state index in [9.17, 15) is 0 Å². The van der Waals surface area contributed by atoms with Crippen molar-refractivity contribution in [1.29, 1.82) is 0 Å². The molecule has 1 aromatic rings. The second-order valence-corrected chi connectivity index (χ2v) is 2.90. The molecule has 0 aliphatic rings. The number of hydrogen-bond donors (Lipinski definition) is 1. The Labute approximate surface area is 73.3 Å². The van der Waals surface area contributed by atoms with E-state index < -0.39 is 0 Å². The number of benzene rings is 1. The maximum Gasteiger partial charge on any atom is 0.0715 e. The second-order valence-electron chi connectivity index (χ2n) is 2.90. The molecule has 0 unspecified atom stereocenters. The van der Waals surface area contributed by atoms with Crippen LogP contribution in [0.15, 0.2) is 18.2 Å². The van der Waals surface area contributed by atoms with Gasteiger partial charge in [-0.05, 0) is 23.6 Å². The van der Waals surface area contributed by atoms with Crippen molar-refractivity contribution in [3.8, 4) is 0 Å². The lowest BCUT2D eigenvalue weighted by molar-refractivity contribution is 0.184. The molecule has 66 valence electrons. The Balaban J connectivity index is 2.87. The number of nitrogens with two attached hydrogens (primary N) is 1. The SMILES string of the molecule is COCc1ccc(CN)cc1C. The maximum absolute atomic E-state index is 5.51. The van der Waals surface area contributed by atoms with Crippen LogP contribution in [0.1, 0.15) is 16.7 Å². The Kier molecular flexibility index (Phi) is 3.26. The molecule has 0 aliphatic heterocycles. The molecule has 0 heterocycles. The predicted molar refractivity (Wildman–Crippen MR) is 49.8 cm³/mol. The lowest BCUT2D eigenvalue weighted by atomic mass is 10.1. The zero-order chi connectivity index (χ0) is 8.97. The lowest BCUT2D eigenvalue weighted by Crippen LogP contribution is -1.98. The molecule has 1 rings (SSSR count). The van der Waals surface area contributed by atoms with Crippen LogP contribution < -0.4 is 5.73 Å². The van der Waals surface area contributed by atoms with Crippen molar-refractivity contribution in [3.63, 3.8) is 0 Å². The van der Waals surface area contributed by atoms with Crippen molar-refractivity contribution < 1.29 is 4.74 Å². The van der Waals surface area contributed by atoms with Crippen molar-refractivity contribution >= 4 is 0 Å². The molecule has 0 radical (unpaired) electrons. The van der Waals surface area contributed by atoms with E-state index in [1.807, 2.05) is 6.07 Å². The molecule has 0 fully saturated rings. The number of rotatable bonds is 3. The zero-order valence-electron chi connectivity index (χ0n) is 7.63. The molecule has 0 aromatic heterocycles. The first kappa shape index (κ1) is 9.23. The minimum absolute atomic E-state index is 0.605. The first-order chi connectivity index (χ1) is 5.77. The second kappa shape index (κ2) is 4.24. The summed E-state index contributed by atoms with van der Waals surface area (Å²) in [4.78, 5) is 0. The molecule has 12 heavy (non-hydrogen) atoms. The van der Waals surface area contributed by atoms with Crippen LogP contribution in [0.5, 0.6) is 0 Å². The van der Waals surface area contributed by atoms with E-state index in [0.29, 0.717) is 13.2 Å². The van der Waals surface area contributed by atoms with Gasteiger partial charge in [-0.3, -0.25) is 0 Å². The van der Waals surface area contributed by atoms with Crippen LogP contribution in [-0.2, 0) is 17.9 Å². The Morgan fingerprint density at radius 2 is 2.17 bits per heavy atom. The van der Waals surface area contributed by atoms with Gasteiger partial charge in [-0.15, -0.1) is 0 Å². The minimum Gasteiger partial charge on any atom is -0.380 e. The van der Waals surface area contributed by atoms with Crippen molar-refractivity contribution in [1.82, 2.24) is 0 Å². The number of ether oxygens (including phenoxy) is 1. The molecule has 2 nitrogen and oxygen atoms in total. The standard InChI is InChI=1S/C10H15NO/c1-8-5-9(6-11)3-4-10(8)7-12-2/h3-5H,6-7,11H2,1-2H3.